The molecule has 1 aromatic heterocycles. The number of hydrogen-bond donors (Lipinski definition) is 2. The van der Waals surface area contributed by atoms with Crippen molar-refractivity contribution in [2.45, 2.75) is 19.8 Å². The van der Waals surface area contributed by atoms with Crippen LogP contribution in [0, 0.1) is 0 Å². The molecule has 0 saturated heterocycles. The van der Waals surface area contributed by atoms with E-state index < -0.39 is 0 Å². The van der Waals surface area contributed by atoms with Gasteiger partial charge in [-0.3, -0.25) is 0 Å². The molecule has 0 aliphatic rings. The Hall–Kier alpha value is -2.53. The summed E-state index contributed by atoms with van der Waals surface area (Å²) in [5.74, 6) is 1.94. The van der Waals surface area contributed by atoms with Gasteiger partial charge in [0.05, 0.1) is 4.88 Å². The molecular formula is C18H18N2O2S. The monoisotopic (exact) mass is 326 g/mol. The molecule has 118 valence electrons. The summed E-state index contributed by atoms with van der Waals surface area (Å²) >= 11 is 1.47. The number of ether oxygens (including phenoxy) is 1. The van der Waals surface area contributed by atoms with Crippen LogP contribution in [0.2, 0.25) is 0 Å². The third-order valence-corrected chi connectivity index (χ3v) is 4.50. The van der Waals surface area contributed by atoms with E-state index in [1.165, 1.54) is 11.3 Å². The molecule has 0 bridgehead atoms. The minimum atomic E-state index is 0.108. The highest BCUT2D eigenvalue weighted by Crippen LogP contribution is 2.35. The van der Waals surface area contributed by atoms with E-state index in [1.54, 1.807) is 0 Å². The Labute approximate surface area is 139 Å². The van der Waals surface area contributed by atoms with Gasteiger partial charge >= 0.3 is 0 Å². The first-order valence-corrected chi connectivity index (χ1v) is 8.23. The average molecular weight is 326 g/mol. The van der Waals surface area contributed by atoms with Crippen LogP contribution in [-0.2, 0) is 0 Å². The molecule has 2 N–H and O–H groups in total. The molecular weight excluding hydrogens is 308 g/mol. The predicted octanol–water partition coefficient (Wildman–Crippen LogP) is 5.51. The standard InChI is InChI=1S/C18H18N2O2S/c1-12(2)16-17(21)20-18(23-16)19-13-8-10-15(11-9-13)22-14-6-4-3-5-7-14/h3-12,21H,1-2H3,(H,19,20). The maximum atomic E-state index is 9.83. The lowest BCUT2D eigenvalue weighted by atomic mass is 10.2. The average Bonchev–Trinajstić information content (AvgIpc) is 2.91. The molecule has 0 saturated carbocycles. The number of anilines is 2. The van der Waals surface area contributed by atoms with Crippen LogP contribution in [-0.4, -0.2) is 10.1 Å². The largest absolute Gasteiger partial charge is 0.492 e. The fourth-order valence-electron chi connectivity index (χ4n) is 2.11. The van der Waals surface area contributed by atoms with Gasteiger partial charge in [0, 0.05) is 5.69 Å². The van der Waals surface area contributed by atoms with Gasteiger partial charge in [-0.25, -0.2) is 0 Å². The van der Waals surface area contributed by atoms with Crippen molar-refractivity contribution < 1.29 is 9.84 Å². The van der Waals surface area contributed by atoms with Gasteiger partial charge in [0.2, 0.25) is 5.88 Å². The van der Waals surface area contributed by atoms with E-state index >= 15 is 0 Å². The minimum absolute atomic E-state index is 0.108. The number of nitrogens with zero attached hydrogens (tertiary/aromatic N) is 1. The maximum absolute atomic E-state index is 9.83. The molecule has 1 heterocycles. The molecule has 0 amide bonds. The van der Waals surface area contributed by atoms with Gasteiger partial charge < -0.3 is 15.2 Å². The minimum Gasteiger partial charge on any atom is -0.492 e. The van der Waals surface area contributed by atoms with Gasteiger partial charge in [0.15, 0.2) is 5.13 Å². The van der Waals surface area contributed by atoms with E-state index in [-0.39, 0.29) is 11.8 Å². The first-order valence-electron chi connectivity index (χ1n) is 7.41. The molecule has 5 heteroatoms. The summed E-state index contributed by atoms with van der Waals surface area (Å²) in [7, 11) is 0. The molecule has 3 rings (SSSR count). The summed E-state index contributed by atoms with van der Waals surface area (Å²) in [6, 6.07) is 17.3. The van der Waals surface area contributed by atoms with Gasteiger partial charge in [0.25, 0.3) is 0 Å². The SMILES string of the molecule is CC(C)c1sc(Nc2ccc(Oc3ccccc3)cc2)nc1O. The second kappa shape index (κ2) is 6.71. The lowest BCUT2D eigenvalue weighted by Crippen LogP contribution is -1.89. The van der Waals surface area contributed by atoms with Crippen LogP contribution in [0.5, 0.6) is 17.4 Å². The van der Waals surface area contributed by atoms with Gasteiger partial charge in [-0.05, 0) is 42.3 Å². The topological polar surface area (TPSA) is 54.4 Å². The zero-order chi connectivity index (χ0) is 16.2. The normalized spacial score (nSPS) is 10.7. The van der Waals surface area contributed by atoms with Crippen molar-refractivity contribution in [1.82, 2.24) is 4.98 Å². The van der Waals surface area contributed by atoms with Crippen molar-refractivity contribution in [2.24, 2.45) is 0 Å². The predicted molar refractivity (Wildman–Crippen MR) is 94.1 cm³/mol. The Morgan fingerprint density at radius 1 is 1.00 bits per heavy atom. The summed E-state index contributed by atoms with van der Waals surface area (Å²) in [4.78, 5) is 5.03. The van der Waals surface area contributed by atoms with Crippen molar-refractivity contribution in [1.29, 1.82) is 0 Å². The highest BCUT2D eigenvalue weighted by molar-refractivity contribution is 7.16. The van der Waals surface area contributed by atoms with Gasteiger partial charge in [-0.15, -0.1) is 0 Å². The number of benzene rings is 2. The summed E-state index contributed by atoms with van der Waals surface area (Å²) in [5.41, 5.74) is 0.898. The fourth-order valence-corrected chi connectivity index (χ4v) is 2.99. The summed E-state index contributed by atoms with van der Waals surface area (Å²) in [5, 5.41) is 13.7. The molecule has 0 aliphatic heterocycles. The van der Waals surface area contributed by atoms with Crippen LogP contribution < -0.4 is 10.1 Å². The molecule has 0 radical (unpaired) electrons. The molecule has 0 aliphatic carbocycles. The fraction of sp³-hybridized carbons (Fsp3) is 0.167. The molecule has 3 aromatic rings. The second-order valence-electron chi connectivity index (χ2n) is 5.43. The van der Waals surface area contributed by atoms with E-state index in [4.69, 9.17) is 4.74 Å². The van der Waals surface area contributed by atoms with E-state index in [2.05, 4.69) is 10.3 Å². The maximum Gasteiger partial charge on any atom is 0.227 e. The molecule has 4 nitrogen and oxygen atoms in total. The molecule has 0 unspecified atom stereocenters. The zero-order valence-corrected chi connectivity index (χ0v) is 13.8. The number of aromatic nitrogens is 1. The number of thiazole rings is 1. The highest BCUT2D eigenvalue weighted by atomic mass is 32.1. The third kappa shape index (κ3) is 3.81. The van der Waals surface area contributed by atoms with E-state index in [0.29, 0.717) is 5.13 Å². The molecule has 0 spiro atoms. The summed E-state index contributed by atoms with van der Waals surface area (Å²) in [6.45, 7) is 4.07. The Kier molecular flexibility index (Phi) is 4.48. The number of para-hydroxylation sites is 1. The third-order valence-electron chi connectivity index (χ3n) is 3.24. The first-order chi connectivity index (χ1) is 11.1. The van der Waals surface area contributed by atoms with Crippen LogP contribution >= 0.6 is 11.3 Å². The summed E-state index contributed by atoms with van der Waals surface area (Å²) in [6.07, 6.45) is 0. The number of rotatable bonds is 5. The molecule has 0 atom stereocenters. The molecule has 2 aromatic carbocycles. The van der Waals surface area contributed by atoms with Crippen LogP contribution in [0.4, 0.5) is 10.8 Å². The Balaban J connectivity index is 1.69. The second-order valence-corrected chi connectivity index (χ2v) is 6.46. The van der Waals surface area contributed by atoms with Crippen LogP contribution in [0.3, 0.4) is 0 Å². The van der Waals surface area contributed by atoms with Gasteiger partial charge in [-0.2, -0.15) is 4.98 Å². The Morgan fingerprint density at radius 3 is 2.26 bits per heavy atom. The smallest absolute Gasteiger partial charge is 0.227 e. The first kappa shape index (κ1) is 15.4. The van der Waals surface area contributed by atoms with Crippen LogP contribution in [0.1, 0.15) is 24.6 Å². The summed E-state index contributed by atoms with van der Waals surface area (Å²) < 4.78 is 5.76. The van der Waals surface area contributed by atoms with Gasteiger partial charge in [-0.1, -0.05) is 43.4 Å². The van der Waals surface area contributed by atoms with Crippen LogP contribution in [0.15, 0.2) is 54.6 Å². The van der Waals surface area contributed by atoms with Crippen molar-refractivity contribution in [3.8, 4) is 17.4 Å². The highest BCUT2D eigenvalue weighted by Gasteiger charge is 2.13. The number of hydrogen-bond acceptors (Lipinski definition) is 5. The number of nitrogens with one attached hydrogen (secondary N) is 1. The van der Waals surface area contributed by atoms with Crippen molar-refractivity contribution in [3.05, 3.63) is 59.5 Å². The van der Waals surface area contributed by atoms with E-state index in [1.807, 2.05) is 68.4 Å². The quantitative estimate of drug-likeness (QED) is 0.649. The molecule has 23 heavy (non-hydrogen) atoms. The van der Waals surface area contributed by atoms with E-state index in [0.717, 1.165) is 22.1 Å². The van der Waals surface area contributed by atoms with Gasteiger partial charge in [0.1, 0.15) is 11.5 Å². The van der Waals surface area contributed by atoms with E-state index in [9.17, 15) is 5.11 Å². The Bertz CT molecular complexity index is 767. The zero-order valence-electron chi connectivity index (χ0n) is 13.0. The van der Waals surface area contributed by atoms with Crippen molar-refractivity contribution >= 4 is 22.2 Å². The lowest BCUT2D eigenvalue weighted by Gasteiger charge is -2.07. The van der Waals surface area contributed by atoms with Crippen molar-refractivity contribution in [3.63, 3.8) is 0 Å². The lowest BCUT2D eigenvalue weighted by molar-refractivity contribution is 0.449. The number of aromatic hydroxyl groups is 1. The molecule has 0 fully saturated rings. The Morgan fingerprint density at radius 2 is 1.65 bits per heavy atom. The van der Waals surface area contributed by atoms with Crippen molar-refractivity contribution in [2.75, 3.05) is 5.32 Å². The van der Waals surface area contributed by atoms with Crippen LogP contribution in [0.25, 0.3) is 0 Å².